The van der Waals surface area contributed by atoms with Crippen LogP contribution in [0.4, 0.5) is 0 Å². The van der Waals surface area contributed by atoms with Crippen molar-refractivity contribution in [3.05, 3.63) is 53.6 Å². The third-order valence-corrected chi connectivity index (χ3v) is 5.24. The second kappa shape index (κ2) is 5.28. The van der Waals surface area contributed by atoms with E-state index in [9.17, 15) is 0 Å². The zero-order valence-corrected chi connectivity index (χ0v) is 12.4. The first-order chi connectivity index (χ1) is 10.3. The van der Waals surface area contributed by atoms with Gasteiger partial charge in [-0.1, -0.05) is 18.2 Å². The van der Waals surface area contributed by atoms with Crippen molar-refractivity contribution in [3.63, 3.8) is 0 Å². The molecule has 0 bridgehead atoms. The predicted molar refractivity (Wildman–Crippen MR) is 84.2 cm³/mol. The van der Waals surface area contributed by atoms with Gasteiger partial charge in [-0.15, -0.1) is 11.8 Å². The van der Waals surface area contributed by atoms with Crippen molar-refractivity contribution in [1.29, 1.82) is 0 Å². The quantitative estimate of drug-likeness (QED) is 0.945. The third-order valence-electron chi connectivity index (χ3n) is 3.95. The molecule has 0 spiro atoms. The van der Waals surface area contributed by atoms with Gasteiger partial charge in [0.15, 0.2) is 0 Å². The molecule has 2 N–H and O–H groups in total. The lowest BCUT2D eigenvalue weighted by Gasteiger charge is -2.12. The fourth-order valence-electron chi connectivity index (χ4n) is 2.84. The zero-order chi connectivity index (χ0) is 14.2. The smallest absolute Gasteiger partial charge is 0.127 e. The number of hydrogen-bond donors (Lipinski definition) is 1. The van der Waals surface area contributed by atoms with Gasteiger partial charge in [-0.25, -0.2) is 0 Å². The number of hydrogen-bond acceptors (Lipinski definition) is 4. The lowest BCUT2D eigenvalue weighted by atomic mass is 10.1. The molecule has 2 atom stereocenters. The molecule has 21 heavy (non-hydrogen) atoms. The summed E-state index contributed by atoms with van der Waals surface area (Å²) in [5, 5.41) is 0.485. The lowest BCUT2D eigenvalue weighted by molar-refractivity contribution is 0.310. The summed E-state index contributed by atoms with van der Waals surface area (Å²) in [4.78, 5) is 1.38. The Morgan fingerprint density at radius 3 is 3.05 bits per heavy atom. The van der Waals surface area contributed by atoms with Gasteiger partial charge in [-0.3, -0.25) is 0 Å². The van der Waals surface area contributed by atoms with Crippen molar-refractivity contribution in [2.24, 2.45) is 5.73 Å². The van der Waals surface area contributed by atoms with E-state index in [-0.39, 0.29) is 6.04 Å². The van der Waals surface area contributed by atoms with Crippen molar-refractivity contribution in [1.82, 2.24) is 0 Å². The van der Waals surface area contributed by atoms with Crippen LogP contribution >= 0.6 is 11.8 Å². The Labute approximate surface area is 128 Å². The Morgan fingerprint density at radius 2 is 2.14 bits per heavy atom. The van der Waals surface area contributed by atoms with Crippen LogP contribution in [0.5, 0.6) is 11.5 Å². The van der Waals surface area contributed by atoms with Crippen LogP contribution in [0.15, 0.2) is 47.4 Å². The number of thioether (sulfide) groups is 1. The minimum absolute atomic E-state index is 0.00561. The molecule has 2 aliphatic rings. The van der Waals surface area contributed by atoms with Gasteiger partial charge in [-0.2, -0.15) is 0 Å². The number of ether oxygens (including phenoxy) is 2. The highest BCUT2D eigenvalue weighted by molar-refractivity contribution is 8.00. The largest absolute Gasteiger partial charge is 0.492 e. The van der Waals surface area contributed by atoms with Gasteiger partial charge in [0, 0.05) is 21.8 Å². The number of fused-ring (bicyclic) bond motifs is 2. The second-order valence-electron chi connectivity index (χ2n) is 5.48. The van der Waals surface area contributed by atoms with Gasteiger partial charge in [0.1, 0.15) is 24.7 Å². The topological polar surface area (TPSA) is 44.5 Å². The molecule has 2 aliphatic heterocycles. The van der Waals surface area contributed by atoms with Crippen LogP contribution in [0, 0.1) is 0 Å². The molecule has 0 fully saturated rings. The molecular formula is C17H17NO2S. The maximum Gasteiger partial charge on any atom is 0.127 e. The zero-order valence-electron chi connectivity index (χ0n) is 11.6. The molecule has 0 saturated heterocycles. The van der Waals surface area contributed by atoms with Crippen LogP contribution in [0.2, 0.25) is 0 Å². The van der Waals surface area contributed by atoms with E-state index < -0.39 is 0 Å². The van der Waals surface area contributed by atoms with Gasteiger partial charge in [0.25, 0.3) is 0 Å². The molecule has 0 aliphatic carbocycles. The van der Waals surface area contributed by atoms with Gasteiger partial charge >= 0.3 is 0 Å². The Morgan fingerprint density at radius 1 is 1.24 bits per heavy atom. The molecule has 0 saturated carbocycles. The molecule has 2 heterocycles. The monoisotopic (exact) mass is 299 g/mol. The number of benzene rings is 2. The molecule has 4 rings (SSSR count). The summed E-state index contributed by atoms with van der Waals surface area (Å²) in [6.07, 6.45) is 1.08. The van der Waals surface area contributed by atoms with Crippen molar-refractivity contribution in [3.8, 4) is 11.5 Å². The summed E-state index contributed by atoms with van der Waals surface area (Å²) in [7, 11) is 0. The van der Waals surface area contributed by atoms with Crippen molar-refractivity contribution < 1.29 is 9.47 Å². The molecule has 3 nitrogen and oxygen atoms in total. The SMILES string of the molecule is NC1COc2cc(OCC3Cc4ccccc4S3)ccc21. The van der Waals surface area contributed by atoms with E-state index in [0.29, 0.717) is 18.5 Å². The maximum absolute atomic E-state index is 5.95. The average molecular weight is 299 g/mol. The average Bonchev–Trinajstić information content (AvgIpc) is 3.08. The van der Waals surface area contributed by atoms with E-state index in [2.05, 4.69) is 24.3 Å². The molecule has 2 aromatic rings. The number of rotatable bonds is 3. The summed E-state index contributed by atoms with van der Waals surface area (Å²) < 4.78 is 11.5. The molecule has 0 aromatic heterocycles. The first-order valence-corrected chi connectivity index (χ1v) is 8.07. The van der Waals surface area contributed by atoms with E-state index in [4.69, 9.17) is 15.2 Å². The number of nitrogens with two attached hydrogens (primary N) is 1. The Bertz CT molecular complexity index is 649. The molecule has 0 radical (unpaired) electrons. The summed E-state index contributed by atoms with van der Waals surface area (Å²) in [5.74, 6) is 1.72. The summed E-state index contributed by atoms with van der Waals surface area (Å²) in [6, 6.07) is 14.5. The van der Waals surface area contributed by atoms with E-state index in [1.54, 1.807) is 0 Å². The van der Waals surface area contributed by atoms with Crippen molar-refractivity contribution >= 4 is 11.8 Å². The summed E-state index contributed by atoms with van der Waals surface area (Å²) >= 11 is 1.90. The highest BCUT2D eigenvalue weighted by Gasteiger charge is 2.23. The van der Waals surface area contributed by atoms with Gasteiger partial charge in [0.2, 0.25) is 0 Å². The molecule has 2 aromatic carbocycles. The van der Waals surface area contributed by atoms with Crippen LogP contribution in [0.25, 0.3) is 0 Å². The van der Waals surface area contributed by atoms with E-state index in [1.165, 1.54) is 10.5 Å². The van der Waals surface area contributed by atoms with E-state index in [1.807, 2.05) is 30.0 Å². The minimum Gasteiger partial charge on any atom is -0.492 e. The fraction of sp³-hybridized carbons (Fsp3) is 0.294. The predicted octanol–water partition coefficient (Wildman–Crippen LogP) is 3.17. The first-order valence-electron chi connectivity index (χ1n) is 7.19. The molecule has 0 amide bonds. The Balaban J connectivity index is 1.40. The van der Waals surface area contributed by atoms with Crippen molar-refractivity contribution in [2.75, 3.05) is 13.2 Å². The summed E-state index contributed by atoms with van der Waals surface area (Å²) in [6.45, 7) is 1.27. The van der Waals surface area contributed by atoms with E-state index in [0.717, 1.165) is 23.5 Å². The Hall–Kier alpha value is -1.65. The van der Waals surface area contributed by atoms with Crippen LogP contribution in [-0.2, 0) is 6.42 Å². The van der Waals surface area contributed by atoms with Gasteiger partial charge in [-0.05, 0) is 30.2 Å². The van der Waals surface area contributed by atoms with Crippen molar-refractivity contribution in [2.45, 2.75) is 22.6 Å². The highest BCUT2D eigenvalue weighted by atomic mass is 32.2. The van der Waals surface area contributed by atoms with E-state index >= 15 is 0 Å². The highest BCUT2D eigenvalue weighted by Crippen LogP contribution is 2.38. The molecule has 4 heteroatoms. The second-order valence-corrected chi connectivity index (χ2v) is 6.82. The fourth-order valence-corrected chi connectivity index (χ4v) is 4.06. The normalized spacial score (nSPS) is 22.5. The molecular weight excluding hydrogens is 282 g/mol. The standard InChI is InChI=1S/C17H17NO2S/c18-15-10-20-16-8-12(5-6-14(15)16)19-9-13-7-11-3-1-2-4-17(11)21-13/h1-6,8,13,15H,7,9-10,18H2. The summed E-state index contributed by atoms with van der Waals surface area (Å²) in [5.41, 5.74) is 8.45. The van der Waals surface area contributed by atoms with Crippen LogP contribution in [0.1, 0.15) is 17.2 Å². The van der Waals surface area contributed by atoms with Gasteiger partial charge < -0.3 is 15.2 Å². The van der Waals surface area contributed by atoms with Crippen LogP contribution in [-0.4, -0.2) is 18.5 Å². The maximum atomic E-state index is 5.95. The van der Waals surface area contributed by atoms with Gasteiger partial charge in [0.05, 0.1) is 6.04 Å². The van der Waals surface area contributed by atoms with Crippen LogP contribution in [0.3, 0.4) is 0 Å². The first kappa shape index (κ1) is 13.0. The lowest BCUT2D eigenvalue weighted by Crippen LogP contribution is -2.13. The Kier molecular flexibility index (Phi) is 3.28. The minimum atomic E-state index is -0.00561. The third kappa shape index (κ3) is 2.49. The molecule has 2 unspecified atom stereocenters. The molecule has 108 valence electrons. The van der Waals surface area contributed by atoms with Crippen LogP contribution < -0.4 is 15.2 Å².